The Morgan fingerprint density at radius 1 is 1.22 bits per heavy atom. The van der Waals surface area contributed by atoms with Crippen molar-refractivity contribution in [2.45, 2.75) is 6.92 Å². The molecule has 0 atom stereocenters. The predicted octanol–water partition coefficient (Wildman–Crippen LogP) is 3.96. The number of hydrogen-bond acceptors (Lipinski definition) is 2. The van der Waals surface area contributed by atoms with Crippen LogP contribution in [0.1, 0.15) is 17.3 Å². The van der Waals surface area contributed by atoms with Crippen LogP contribution in [-0.4, -0.2) is 17.1 Å². The van der Waals surface area contributed by atoms with Gasteiger partial charge < -0.3 is 9.30 Å². The average molecular weight is 284 g/mol. The maximum Gasteiger partial charge on any atom is 0.339 e. The molecule has 0 aliphatic carbocycles. The molecule has 0 bridgehead atoms. The largest absolute Gasteiger partial charge is 0.462 e. The number of hydrogen-bond donors (Lipinski definition) is 0. The minimum absolute atomic E-state index is 0.286. The normalized spacial score (nSPS) is 10.4. The molecule has 0 unspecified atom stereocenters. The molecule has 2 aromatic rings. The molecule has 94 valence electrons. The van der Waals surface area contributed by atoms with Gasteiger partial charge in [-0.1, -0.05) is 23.2 Å². The molecule has 0 spiro atoms. The molecule has 5 heteroatoms. The minimum atomic E-state index is -0.451. The van der Waals surface area contributed by atoms with Gasteiger partial charge in [0.25, 0.3) is 0 Å². The second kappa shape index (κ2) is 5.46. The molecular weight excluding hydrogens is 273 g/mol. The van der Waals surface area contributed by atoms with Crippen molar-refractivity contribution in [3.63, 3.8) is 0 Å². The Morgan fingerprint density at radius 2 is 1.89 bits per heavy atom. The van der Waals surface area contributed by atoms with E-state index in [1.165, 1.54) is 0 Å². The number of nitrogens with zero attached hydrogens (tertiary/aromatic N) is 1. The zero-order chi connectivity index (χ0) is 13.1. The van der Waals surface area contributed by atoms with Crippen LogP contribution in [0.25, 0.3) is 5.69 Å². The highest BCUT2D eigenvalue weighted by atomic mass is 35.5. The molecule has 2 rings (SSSR count). The number of esters is 1. The summed E-state index contributed by atoms with van der Waals surface area (Å²) in [6.45, 7) is 2.05. The number of ether oxygens (including phenoxy) is 1. The molecule has 1 aromatic heterocycles. The Morgan fingerprint density at radius 3 is 2.50 bits per heavy atom. The Bertz CT molecular complexity index is 565. The standard InChI is InChI=1S/C13H11Cl2NO2/c1-2-18-13(17)9-7-12(11(15)8-10(9)14)16-5-3-4-6-16/h3-8H,2H2,1H3. The highest BCUT2D eigenvalue weighted by Gasteiger charge is 2.15. The summed E-state index contributed by atoms with van der Waals surface area (Å²) >= 11 is 12.1. The van der Waals surface area contributed by atoms with Crippen LogP contribution >= 0.6 is 23.2 Å². The van der Waals surface area contributed by atoms with E-state index < -0.39 is 5.97 Å². The summed E-state index contributed by atoms with van der Waals surface area (Å²) in [6, 6.07) is 6.91. The van der Waals surface area contributed by atoms with Crippen molar-refractivity contribution in [1.82, 2.24) is 4.57 Å². The summed E-state index contributed by atoms with van der Waals surface area (Å²) in [4.78, 5) is 11.7. The summed E-state index contributed by atoms with van der Waals surface area (Å²) in [6.07, 6.45) is 3.67. The van der Waals surface area contributed by atoms with Gasteiger partial charge in [0, 0.05) is 12.4 Å². The third-order valence-electron chi connectivity index (χ3n) is 2.41. The lowest BCUT2D eigenvalue weighted by Crippen LogP contribution is -2.06. The van der Waals surface area contributed by atoms with Gasteiger partial charge >= 0.3 is 5.97 Å². The van der Waals surface area contributed by atoms with Crippen LogP contribution in [0.15, 0.2) is 36.7 Å². The van der Waals surface area contributed by atoms with Crippen molar-refractivity contribution in [2.24, 2.45) is 0 Å². The van der Waals surface area contributed by atoms with Crippen molar-refractivity contribution in [2.75, 3.05) is 6.61 Å². The van der Waals surface area contributed by atoms with Crippen LogP contribution in [-0.2, 0) is 4.74 Å². The summed E-state index contributed by atoms with van der Waals surface area (Å²) in [5, 5.41) is 0.763. The van der Waals surface area contributed by atoms with Crippen molar-refractivity contribution >= 4 is 29.2 Å². The van der Waals surface area contributed by atoms with E-state index in [0.717, 1.165) is 0 Å². The van der Waals surface area contributed by atoms with Crippen molar-refractivity contribution in [3.05, 3.63) is 52.3 Å². The fourth-order valence-corrected chi connectivity index (χ4v) is 2.15. The number of halogens is 2. The number of carbonyl (C=O) groups excluding carboxylic acids is 1. The third kappa shape index (κ3) is 2.52. The second-order valence-electron chi connectivity index (χ2n) is 3.59. The first-order valence-corrected chi connectivity index (χ1v) is 6.18. The Labute approximate surface area is 115 Å². The lowest BCUT2D eigenvalue weighted by Gasteiger charge is -2.10. The van der Waals surface area contributed by atoms with Crippen LogP contribution in [0.4, 0.5) is 0 Å². The maximum atomic E-state index is 11.7. The molecule has 0 aliphatic heterocycles. The van der Waals surface area contributed by atoms with E-state index in [2.05, 4.69) is 0 Å². The minimum Gasteiger partial charge on any atom is -0.462 e. The fourth-order valence-electron chi connectivity index (χ4n) is 1.60. The number of aromatic nitrogens is 1. The third-order valence-corrected chi connectivity index (χ3v) is 3.03. The van der Waals surface area contributed by atoms with Crippen molar-refractivity contribution < 1.29 is 9.53 Å². The molecule has 0 saturated heterocycles. The summed E-state index contributed by atoms with van der Waals surface area (Å²) in [7, 11) is 0. The molecule has 18 heavy (non-hydrogen) atoms. The van der Waals surface area contributed by atoms with E-state index in [9.17, 15) is 4.79 Å². The van der Waals surface area contributed by atoms with Crippen LogP contribution in [0.2, 0.25) is 10.0 Å². The topological polar surface area (TPSA) is 31.2 Å². The number of carbonyl (C=O) groups is 1. The van der Waals surface area contributed by atoms with E-state index in [4.69, 9.17) is 27.9 Å². The number of rotatable bonds is 3. The zero-order valence-electron chi connectivity index (χ0n) is 9.69. The van der Waals surface area contributed by atoms with E-state index in [1.54, 1.807) is 23.6 Å². The lowest BCUT2D eigenvalue weighted by molar-refractivity contribution is 0.0526. The van der Waals surface area contributed by atoms with Crippen molar-refractivity contribution in [3.8, 4) is 5.69 Å². The first kappa shape index (κ1) is 13.0. The first-order valence-electron chi connectivity index (χ1n) is 5.43. The van der Waals surface area contributed by atoms with E-state index >= 15 is 0 Å². The van der Waals surface area contributed by atoms with Gasteiger partial charge in [-0.05, 0) is 31.2 Å². The Hall–Kier alpha value is -1.45. The predicted molar refractivity (Wildman–Crippen MR) is 71.7 cm³/mol. The van der Waals surface area contributed by atoms with Crippen LogP contribution < -0.4 is 0 Å². The fraction of sp³-hybridized carbons (Fsp3) is 0.154. The van der Waals surface area contributed by atoms with Gasteiger partial charge in [-0.3, -0.25) is 0 Å². The van der Waals surface area contributed by atoms with E-state index in [0.29, 0.717) is 22.9 Å². The average Bonchev–Trinajstić information content (AvgIpc) is 2.82. The number of benzene rings is 1. The monoisotopic (exact) mass is 283 g/mol. The first-order chi connectivity index (χ1) is 8.63. The molecule has 0 radical (unpaired) electrons. The van der Waals surface area contributed by atoms with Gasteiger partial charge in [-0.15, -0.1) is 0 Å². The summed E-state index contributed by atoms with van der Waals surface area (Å²) < 4.78 is 6.75. The van der Waals surface area contributed by atoms with Gasteiger partial charge in [-0.2, -0.15) is 0 Å². The van der Waals surface area contributed by atoms with Gasteiger partial charge in [-0.25, -0.2) is 4.79 Å². The summed E-state index contributed by atoms with van der Waals surface area (Å²) in [5.41, 5.74) is 1.00. The highest BCUT2D eigenvalue weighted by molar-refractivity contribution is 6.37. The molecule has 3 nitrogen and oxygen atoms in total. The smallest absolute Gasteiger partial charge is 0.339 e. The maximum absolute atomic E-state index is 11.7. The molecule has 1 aromatic carbocycles. The molecule has 0 fully saturated rings. The van der Waals surface area contributed by atoms with Crippen LogP contribution in [0, 0.1) is 0 Å². The van der Waals surface area contributed by atoms with Gasteiger partial charge in [0.1, 0.15) is 0 Å². The zero-order valence-corrected chi connectivity index (χ0v) is 11.2. The lowest BCUT2D eigenvalue weighted by atomic mass is 10.2. The van der Waals surface area contributed by atoms with Crippen molar-refractivity contribution in [1.29, 1.82) is 0 Å². The summed E-state index contributed by atoms with van der Waals surface area (Å²) in [5.74, 6) is -0.451. The van der Waals surface area contributed by atoms with Crippen LogP contribution in [0.5, 0.6) is 0 Å². The van der Waals surface area contributed by atoms with Gasteiger partial charge in [0.05, 0.1) is 27.9 Å². The quantitative estimate of drug-likeness (QED) is 0.799. The molecule has 0 aliphatic rings. The molecule has 0 amide bonds. The molecule has 1 heterocycles. The Balaban J connectivity index is 2.49. The highest BCUT2D eigenvalue weighted by Crippen LogP contribution is 2.28. The molecule has 0 N–H and O–H groups in total. The SMILES string of the molecule is CCOC(=O)c1cc(-n2cccc2)c(Cl)cc1Cl. The van der Waals surface area contributed by atoms with Gasteiger partial charge in [0.2, 0.25) is 0 Å². The Kier molecular flexibility index (Phi) is 3.94. The molecule has 0 saturated carbocycles. The van der Waals surface area contributed by atoms with Crippen LogP contribution in [0.3, 0.4) is 0 Å². The van der Waals surface area contributed by atoms with E-state index in [1.807, 2.05) is 24.5 Å². The van der Waals surface area contributed by atoms with E-state index in [-0.39, 0.29) is 5.02 Å². The second-order valence-corrected chi connectivity index (χ2v) is 4.41. The molecular formula is C13H11Cl2NO2. The van der Waals surface area contributed by atoms with Gasteiger partial charge in [0.15, 0.2) is 0 Å².